The van der Waals surface area contributed by atoms with Gasteiger partial charge in [0.2, 0.25) is 10.0 Å². The summed E-state index contributed by atoms with van der Waals surface area (Å²) >= 11 is 0. The Hall–Kier alpha value is -1.68. The van der Waals surface area contributed by atoms with E-state index < -0.39 is 26.9 Å². The number of methoxy groups -OCH3 is 1. The standard InChI is InChI=1S/C12H18N2O6S/c1-20-7-9(4-5-15)14-21(18,19)11-6-8(13)2-3-10(11)12(16)17/h2-3,6,9,14-15H,4-5,7,13H2,1H3,(H,16,17). The first kappa shape index (κ1) is 17.4. The van der Waals surface area contributed by atoms with Crippen LogP contribution in [0.1, 0.15) is 16.8 Å². The quantitative estimate of drug-likeness (QED) is 0.480. The third kappa shape index (κ3) is 4.67. The van der Waals surface area contributed by atoms with Crippen LogP contribution in [0.25, 0.3) is 0 Å². The van der Waals surface area contributed by atoms with E-state index in [1.807, 2.05) is 0 Å². The van der Waals surface area contributed by atoms with Crippen LogP contribution in [0.4, 0.5) is 5.69 Å². The summed E-state index contributed by atoms with van der Waals surface area (Å²) in [6.45, 7) is -0.191. The number of rotatable bonds is 8. The van der Waals surface area contributed by atoms with Crippen molar-refractivity contribution < 1.29 is 28.2 Å². The number of nitrogen functional groups attached to an aromatic ring is 1. The third-order valence-corrected chi connectivity index (χ3v) is 4.25. The first-order valence-corrected chi connectivity index (χ1v) is 7.55. The van der Waals surface area contributed by atoms with Gasteiger partial charge in [-0.3, -0.25) is 0 Å². The number of nitrogens with two attached hydrogens (primary N) is 1. The predicted octanol–water partition coefficient (Wildman–Crippen LogP) is -0.357. The first-order chi connectivity index (χ1) is 9.81. The number of benzene rings is 1. The van der Waals surface area contributed by atoms with Crippen molar-refractivity contribution in [3.63, 3.8) is 0 Å². The lowest BCUT2D eigenvalue weighted by Gasteiger charge is -2.18. The molecule has 0 aromatic heterocycles. The van der Waals surface area contributed by atoms with Crippen molar-refractivity contribution in [3.05, 3.63) is 23.8 Å². The van der Waals surface area contributed by atoms with Crippen LogP contribution >= 0.6 is 0 Å². The Bertz CT molecular complexity index is 596. The van der Waals surface area contributed by atoms with Gasteiger partial charge in [0.15, 0.2) is 0 Å². The fraction of sp³-hybridized carbons (Fsp3) is 0.417. The minimum absolute atomic E-state index is 0.0461. The summed E-state index contributed by atoms with van der Waals surface area (Å²) in [7, 11) is -2.71. The molecule has 9 heteroatoms. The van der Waals surface area contributed by atoms with E-state index >= 15 is 0 Å². The third-order valence-electron chi connectivity index (χ3n) is 2.69. The second-order valence-corrected chi connectivity index (χ2v) is 6.03. The molecule has 0 bridgehead atoms. The molecule has 1 aromatic rings. The zero-order valence-electron chi connectivity index (χ0n) is 11.4. The molecule has 5 N–H and O–H groups in total. The zero-order valence-corrected chi connectivity index (χ0v) is 12.3. The number of carboxylic acid groups (broad SMARTS) is 1. The molecule has 0 heterocycles. The molecule has 8 nitrogen and oxygen atoms in total. The molecular formula is C12H18N2O6S. The van der Waals surface area contributed by atoms with Crippen LogP contribution in [0.2, 0.25) is 0 Å². The Morgan fingerprint density at radius 2 is 2.14 bits per heavy atom. The number of nitrogens with one attached hydrogen (secondary N) is 1. The summed E-state index contributed by atoms with van der Waals surface area (Å²) in [5, 5.41) is 18.0. The molecule has 118 valence electrons. The van der Waals surface area contributed by atoms with Gasteiger partial charge in [0.05, 0.1) is 17.1 Å². The van der Waals surface area contributed by atoms with Crippen molar-refractivity contribution in [2.45, 2.75) is 17.4 Å². The normalized spacial score (nSPS) is 13.0. The minimum Gasteiger partial charge on any atom is -0.478 e. The van der Waals surface area contributed by atoms with E-state index in [2.05, 4.69) is 4.72 Å². The van der Waals surface area contributed by atoms with Gasteiger partial charge in [-0.25, -0.2) is 17.9 Å². The van der Waals surface area contributed by atoms with Gasteiger partial charge >= 0.3 is 5.97 Å². The Morgan fingerprint density at radius 1 is 1.48 bits per heavy atom. The Kier molecular flexibility index (Phi) is 6.09. The number of hydrogen-bond donors (Lipinski definition) is 4. The minimum atomic E-state index is -4.10. The van der Waals surface area contributed by atoms with Crippen LogP contribution in [-0.2, 0) is 14.8 Å². The highest BCUT2D eigenvalue weighted by atomic mass is 32.2. The fourth-order valence-corrected chi connectivity index (χ4v) is 3.24. The van der Waals surface area contributed by atoms with E-state index in [0.717, 1.165) is 12.1 Å². The van der Waals surface area contributed by atoms with E-state index in [-0.39, 0.29) is 30.9 Å². The average molecular weight is 318 g/mol. The van der Waals surface area contributed by atoms with E-state index in [4.69, 9.17) is 20.7 Å². The fourth-order valence-electron chi connectivity index (χ4n) is 1.75. The largest absolute Gasteiger partial charge is 0.478 e. The van der Waals surface area contributed by atoms with Crippen molar-refractivity contribution in [2.24, 2.45) is 0 Å². The highest BCUT2D eigenvalue weighted by Crippen LogP contribution is 2.20. The Balaban J connectivity index is 3.17. The van der Waals surface area contributed by atoms with Gasteiger partial charge in [-0.15, -0.1) is 0 Å². The molecule has 0 saturated heterocycles. The maximum absolute atomic E-state index is 12.3. The van der Waals surface area contributed by atoms with Crippen LogP contribution in [0.3, 0.4) is 0 Å². The van der Waals surface area contributed by atoms with Gasteiger partial charge in [-0.05, 0) is 24.6 Å². The van der Waals surface area contributed by atoms with Gasteiger partial charge in [0.25, 0.3) is 0 Å². The van der Waals surface area contributed by atoms with Gasteiger partial charge in [0.1, 0.15) is 0 Å². The Morgan fingerprint density at radius 3 is 2.67 bits per heavy atom. The van der Waals surface area contributed by atoms with Crippen LogP contribution in [-0.4, -0.2) is 51.0 Å². The molecule has 0 aliphatic carbocycles. The number of hydrogen-bond acceptors (Lipinski definition) is 6. The molecule has 0 saturated carbocycles. The molecule has 0 spiro atoms. The van der Waals surface area contributed by atoms with Crippen LogP contribution in [0, 0.1) is 0 Å². The van der Waals surface area contributed by atoms with E-state index in [1.165, 1.54) is 13.2 Å². The van der Waals surface area contributed by atoms with Crippen LogP contribution in [0.15, 0.2) is 23.1 Å². The predicted molar refractivity (Wildman–Crippen MR) is 75.5 cm³/mol. The highest BCUT2D eigenvalue weighted by Gasteiger charge is 2.25. The summed E-state index contributed by atoms with van der Waals surface area (Å²) < 4.78 is 31.8. The first-order valence-electron chi connectivity index (χ1n) is 6.06. The second kappa shape index (κ2) is 7.36. The maximum atomic E-state index is 12.3. The lowest BCUT2D eigenvalue weighted by atomic mass is 10.2. The number of aliphatic hydroxyl groups is 1. The second-order valence-electron chi connectivity index (χ2n) is 4.35. The van der Waals surface area contributed by atoms with E-state index in [0.29, 0.717) is 0 Å². The van der Waals surface area contributed by atoms with Gasteiger partial charge in [-0.1, -0.05) is 0 Å². The summed E-state index contributed by atoms with van der Waals surface area (Å²) in [5.74, 6) is -1.37. The number of sulfonamides is 1. The molecule has 0 radical (unpaired) electrons. The van der Waals surface area contributed by atoms with Crippen molar-refractivity contribution in [1.29, 1.82) is 0 Å². The van der Waals surface area contributed by atoms with E-state index in [1.54, 1.807) is 0 Å². The molecule has 0 aliphatic heterocycles. The molecule has 1 aromatic carbocycles. The van der Waals surface area contributed by atoms with Crippen molar-refractivity contribution in [1.82, 2.24) is 4.72 Å². The van der Waals surface area contributed by atoms with E-state index in [9.17, 15) is 13.2 Å². The summed E-state index contributed by atoms with van der Waals surface area (Å²) in [6.07, 6.45) is 0.137. The number of carboxylic acids is 1. The molecule has 0 amide bonds. The summed E-state index contributed by atoms with van der Waals surface area (Å²) in [5.41, 5.74) is 5.28. The number of aliphatic hydroxyl groups excluding tert-OH is 1. The molecule has 1 unspecified atom stereocenters. The molecule has 1 rings (SSSR count). The van der Waals surface area contributed by atoms with Gasteiger partial charge in [-0.2, -0.15) is 0 Å². The lowest BCUT2D eigenvalue weighted by Crippen LogP contribution is -2.39. The zero-order chi connectivity index (χ0) is 16.0. The van der Waals surface area contributed by atoms with Crippen molar-refractivity contribution >= 4 is 21.7 Å². The van der Waals surface area contributed by atoms with Crippen molar-refractivity contribution in [3.8, 4) is 0 Å². The van der Waals surface area contributed by atoms with Crippen molar-refractivity contribution in [2.75, 3.05) is 26.1 Å². The monoisotopic (exact) mass is 318 g/mol. The number of carbonyl (C=O) groups is 1. The topological polar surface area (TPSA) is 139 Å². The molecule has 21 heavy (non-hydrogen) atoms. The molecule has 0 fully saturated rings. The van der Waals surface area contributed by atoms with Gasteiger partial charge in [0, 0.05) is 25.4 Å². The SMILES string of the molecule is COCC(CCO)NS(=O)(=O)c1cc(N)ccc1C(=O)O. The molecular weight excluding hydrogens is 300 g/mol. The lowest BCUT2D eigenvalue weighted by molar-refractivity contribution is 0.0692. The van der Waals surface area contributed by atoms with Crippen LogP contribution < -0.4 is 10.5 Å². The average Bonchev–Trinajstić information content (AvgIpc) is 2.38. The number of aromatic carboxylic acids is 1. The smallest absolute Gasteiger partial charge is 0.337 e. The maximum Gasteiger partial charge on any atom is 0.337 e. The number of anilines is 1. The molecule has 0 aliphatic rings. The summed E-state index contributed by atoms with van der Waals surface area (Å²) in [6, 6.07) is 2.84. The summed E-state index contributed by atoms with van der Waals surface area (Å²) in [4.78, 5) is 10.7. The van der Waals surface area contributed by atoms with Gasteiger partial charge < -0.3 is 20.7 Å². The van der Waals surface area contributed by atoms with Crippen LogP contribution in [0.5, 0.6) is 0 Å². The Labute approximate surface area is 122 Å². The molecule has 1 atom stereocenters. The number of ether oxygens (including phenoxy) is 1. The highest BCUT2D eigenvalue weighted by molar-refractivity contribution is 7.89.